The number of amides is 2. The van der Waals surface area contributed by atoms with Gasteiger partial charge < -0.3 is 9.84 Å². The second-order valence-corrected chi connectivity index (χ2v) is 8.09. The van der Waals surface area contributed by atoms with Crippen LogP contribution in [0.5, 0.6) is 5.75 Å². The predicted molar refractivity (Wildman–Crippen MR) is 118 cm³/mol. The second kappa shape index (κ2) is 9.75. The fraction of sp³-hybridized carbons (Fsp3) is 0.100. The van der Waals surface area contributed by atoms with E-state index in [2.05, 4.69) is 5.43 Å². The monoisotopic (exact) mass is 462 g/mol. The van der Waals surface area contributed by atoms with Crippen LogP contribution in [0.15, 0.2) is 53.4 Å². The first-order valence-electron chi connectivity index (χ1n) is 8.63. The molecule has 0 unspecified atom stereocenters. The Kier molecular flexibility index (Phi) is 7.09. The maximum Gasteiger partial charge on any atom is 0.306 e. The lowest BCUT2D eigenvalue weighted by Crippen LogP contribution is -2.44. The summed E-state index contributed by atoms with van der Waals surface area (Å²) in [6.07, 6.45) is 1.50. The van der Waals surface area contributed by atoms with Gasteiger partial charge in [0.2, 0.25) is 0 Å². The van der Waals surface area contributed by atoms with E-state index >= 15 is 0 Å². The minimum absolute atomic E-state index is 0.0367. The number of thioether (sulfide) groups is 1. The van der Waals surface area contributed by atoms with Crippen molar-refractivity contribution < 1.29 is 24.2 Å². The van der Waals surface area contributed by atoms with E-state index in [9.17, 15) is 14.4 Å². The van der Waals surface area contributed by atoms with Crippen LogP contribution < -0.4 is 10.2 Å². The van der Waals surface area contributed by atoms with E-state index < -0.39 is 17.8 Å². The number of carboxylic acid groups (broad SMARTS) is 1. The molecule has 0 saturated carbocycles. The number of hydrogen-bond donors (Lipinski definition) is 2. The number of thiocarbonyl (C=S) groups is 1. The van der Waals surface area contributed by atoms with E-state index in [1.54, 1.807) is 54.6 Å². The number of halogens is 1. The topological polar surface area (TPSA) is 95.9 Å². The molecule has 3 rings (SSSR count). The smallest absolute Gasteiger partial charge is 0.306 e. The lowest BCUT2D eigenvalue weighted by atomic mass is 10.2. The highest BCUT2D eigenvalue weighted by Crippen LogP contribution is 2.32. The molecule has 2 amide bonds. The van der Waals surface area contributed by atoms with Gasteiger partial charge in [0.05, 0.1) is 28.5 Å². The normalized spacial score (nSPS) is 14.8. The van der Waals surface area contributed by atoms with E-state index in [1.165, 1.54) is 0 Å². The predicted octanol–water partition coefficient (Wildman–Crippen LogP) is 3.74. The summed E-state index contributed by atoms with van der Waals surface area (Å²) >= 11 is 12.3. The molecular formula is C20H15ClN2O5S2. The average Bonchev–Trinajstić information content (AvgIpc) is 2.95. The van der Waals surface area contributed by atoms with Gasteiger partial charge in [-0.2, -0.15) is 5.01 Å². The van der Waals surface area contributed by atoms with E-state index in [0.29, 0.717) is 16.2 Å². The highest BCUT2D eigenvalue weighted by molar-refractivity contribution is 8.26. The Bertz CT molecular complexity index is 1060. The van der Waals surface area contributed by atoms with Crippen molar-refractivity contribution in [1.82, 2.24) is 10.4 Å². The Morgan fingerprint density at radius 1 is 1.23 bits per heavy atom. The molecule has 0 bridgehead atoms. The summed E-state index contributed by atoms with van der Waals surface area (Å²) in [7, 11) is 0. The van der Waals surface area contributed by atoms with E-state index in [0.717, 1.165) is 16.8 Å². The summed E-state index contributed by atoms with van der Waals surface area (Å²) in [6, 6.07) is 13.3. The number of nitrogens with zero attached hydrogens (tertiary/aromatic N) is 1. The minimum Gasteiger partial charge on any atom is -0.493 e. The van der Waals surface area contributed by atoms with Crippen molar-refractivity contribution in [1.29, 1.82) is 0 Å². The number of nitrogens with one attached hydrogen (secondary N) is 1. The number of hydrogen-bond acceptors (Lipinski definition) is 6. The number of carbonyl (C=O) groups excluding carboxylic acids is 2. The number of benzene rings is 2. The molecule has 1 saturated heterocycles. The lowest BCUT2D eigenvalue weighted by molar-refractivity contribution is -0.137. The molecule has 2 N–H and O–H groups in total. The van der Waals surface area contributed by atoms with Gasteiger partial charge in [-0.25, -0.2) is 0 Å². The number of ether oxygens (including phenoxy) is 1. The van der Waals surface area contributed by atoms with Gasteiger partial charge in [-0.1, -0.05) is 47.6 Å². The van der Waals surface area contributed by atoms with Gasteiger partial charge in [-0.3, -0.25) is 19.8 Å². The summed E-state index contributed by atoms with van der Waals surface area (Å²) in [4.78, 5) is 36.1. The molecule has 1 aliphatic rings. The molecule has 1 aliphatic heterocycles. The molecule has 0 aliphatic carbocycles. The molecule has 2 aromatic carbocycles. The van der Waals surface area contributed by atoms with Crippen LogP contribution >= 0.6 is 35.6 Å². The van der Waals surface area contributed by atoms with Crippen LogP contribution in [0, 0.1) is 0 Å². The van der Waals surface area contributed by atoms with Crippen molar-refractivity contribution >= 4 is 63.8 Å². The van der Waals surface area contributed by atoms with Crippen LogP contribution in [-0.4, -0.2) is 38.8 Å². The fourth-order valence-electron chi connectivity index (χ4n) is 2.47. The Hall–Kier alpha value is -2.88. The first-order chi connectivity index (χ1) is 14.3. The van der Waals surface area contributed by atoms with Crippen molar-refractivity contribution in [2.45, 2.75) is 6.42 Å². The molecule has 30 heavy (non-hydrogen) atoms. The minimum atomic E-state index is -0.950. The molecular weight excluding hydrogens is 448 g/mol. The Morgan fingerprint density at radius 2 is 2.00 bits per heavy atom. The third kappa shape index (κ3) is 5.38. The first-order valence-corrected chi connectivity index (χ1v) is 10.2. The van der Waals surface area contributed by atoms with E-state index in [-0.39, 0.29) is 27.9 Å². The van der Waals surface area contributed by atoms with Crippen LogP contribution in [0.4, 0.5) is 0 Å². The van der Waals surface area contributed by atoms with Gasteiger partial charge in [0.25, 0.3) is 11.8 Å². The maximum atomic E-state index is 12.7. The highest BCUT2D eigenvalue weighted by Gasteiger charge is 2.34. The van der Waals surface area contributed by atoms with Crippen molar-refractivity contribution in [3.8, 4) is 5.75 Å². The summed E-state index contributed by atoms with van der Waals surface area (Å²) in [5.74, 6) is -1.49. The van der Waals surface area contributed by atoms with Crippen LogP contribution in [0.25, 0.3) is 6.08 Å². The van der Waals surface area contributed by atoms with E-state index in [4.69, 9.17) is 33.7 Å². The Labute approximate surface area is 186 Å². The Balaban J connectivity index is 1.71. The van der Waals surface area contributed by atoms with Crippen LogP contribution in [-0.2, 0) is 9.59 Å². The van der Waals surface area contributed by atoms with Gasteiger partial charge >= 0.3 is 5.97 Å². The summed E-state index contributed by atoms with van der Waals surface area (Å²) in [6.45, 7) is 0.0367. The molecule has 10 heteroatoms. The fourth-order valence-corrected chi connectivity index (χ4v) is 3.87. The third-order valence-electron chi connectivity index (χ3n) is 3.87. The number of rotatable bonds is 7. The molecule has 1 fully saturated rings. The average molecular weight is 463 g/mol. The van der Waals surface area contributed by atoms with Gasteiger partial charge in [-0.05, 0) is 48.1 Å². The largest absolute Gasteiger partial charge is 0.493 e. The Morgan fingerprint density at radius 3 is 2.73 bits per heavy atom. The molecule has 2 aromatic rings. The van der Waals surface area contributed by atoms with Crippen LogP contribution in [0.2, 0.25) is 5.02 Å². The molecule has 0 spiro atoms. The molecule has 7 nitrogen and oxygen atoms in total. The molecule has 0 aromatic heterocycles. The second-order valence-electron chi connectivity index (χ2n) is 6.00. The van der Waals surface area contributed by atoms with Crippen molar-refractivity contribution in [3.05, 3.63) is 69.6 Å². The van der Waals surface area contributed by atoms with Crippen molar-refractivity contribution in [3.63, 3.8) is 0 Å². The number of carbonyl (C=O) groups is 3. The maximum absolute atomic E-state index is 12.7. The van der Waals surface area contributed by atoms with Crippen molar-refractivity contribution in [2.75, 3.05) is 6.61 Å². The van der Waals surface area contributed by atoms with E-state index in [1.807, 2.05) is 0 Å². The lowest BCUT2D eigenvalue weighted by Gasteiger charge is -2.16. The SMILES string of the molecule is O=C(O)CCOc1cccc(/C=C2/SC(=S)N(NC(=O)c3ccccc3Cl)C2=O)c1. The number of aliphatic carboxylic acids is 1. The summed E-state index contributed by atoms with van der Waals surface area (Å²) < 4.78 is 5.58. The molecule has 1 heterocycles. The zero-order valence-electron chi connectivity index (χ0n) is 15.3. The van der Waals surface area contributed by atoms with Gasteiger partial charge in [0.15, 0.2) is 4.32 Å². The molecule has 0 atom stereocenters. The summed E-state index contributed by atoms with van der Waals surface area (Å²) in [5, 5.41) is 9.95. The van der Waals surface area contributed by atoms with Gasteiger partial charge in [0.1, 0.15) is 5.75 Å². The summed E-state index contributed by atoms with van der Waals surface area (Å²) in [5.41, 5.74) is 3.37. The zero-order chi connectivity index (χ0) is 21.7. The van der Waals surface area contributed by atoms with Crippen molar-refractivity contribution in [2.24, 2.45) is 0 Å². The first kappa shape index (κ1) is 21.8. The van der Waals surface area contributed by atoms with Crippen LogP contribution in [0.3, 0.4) is 0 Å². The number of carboxylic acids is 1. The quantitative estimate of drug-likeness (QED) is 0.478. The number of hydrazine groups is 1. The molecule has 0 radical (unpaired) electrons. The highest BCUT2D eigenvalue weighted by atomic mass is 35.5. The van der Waals surface area contributed by atoms with Crippen LogP contribution in [0.1, 0.15) is 22.3 Å². The molecule has 154 valence electrons. The standard InChI is InChI=1S/C20H15ClN2O5S2/c21-15-7-2-1-6-14(15)18(26)22-23-19(27)16(30-20(23)29)11-12-4-3-5-13(10-12)28-9-8-17(24)25/h1-7,10-11H,8-9H2,(H,22,26)(H,24,25)/b16-11+. The van der Waals surface area contributed by atoms with Gasteiger partial charge in [0, 0.05) is 0 Å². The zero-order valence-corrected chi connectivity index (χ0v) is 17.7. The van der Waals surface area contributed by atoms with Gasteiger partial charge in [-0.15, -0.1) is 0 Å². The third-order valence-corrected chi connectivity index (χ3v) is 5.50.